The average molecular weight is 291 g/mol. The molecular weight excluding hydrogens is 285 g/mol. The van der Waals surface area contributed by atoms with Crippen molar-refractivity contribution in [2.24, 2.45) is 0 Å². The molecule has 0 fully saturated rings. The van der Waals surface area contributed by atoms with Crippen molar-refractivity contribution in [1.82, 2.24) is 4.98 Å². The maximum absolute atomic E-state index is 5.37. The van der Waals surface area contributed by atoms with Gasteiger partial charge in [-0.25, -0.2) is 4.98 Å². The first-order valence-corrected chi connectivity index (χ1v) is 5.70. The molecule has 2 rings (SSSR count). The van der Waals surface area contributed by atoms with Gasteiger partial charge >= 0.3 is 0 Å². The van der Waals surface area contributed by atoms with Crippen molar-refractivity contribution in [3.05, 3.63) is 22.1 Å². The van der Waals surface area contributed by atoms with E-state index in [4.69, 9.17) is 4.42 Å². The second kappa shape index (κ2) is 3.26. The lowest BCUT2D eigenvalue weighted by Gasteiger charge is -1.92. The van der Waals surface area contributed by atoms with Crippen LogP contribution in [0.5, 0.6) is 0 Å². The summed E-state index contributed by atoms with van der Waals surface area (Å²) >= 11 is 3.77. The summed E-state index contributed by atoms with van der Waals surface area (Å²) in [5.41, 5.74) is 1.79. The Labute approximate surface area is 87.9 Å². The van der Waals surface area contributed by atoms with Gasteiger partial charge in [-0.1, -0.05) is 0 Å². The fraction of sp³-hybridized carbons (Fsp3) is 0.125. The Bertz CT molecular complexity index is 412. The predicted octanol–water partition coefficient (Wildman–Crippen LogP) is 3.15. The highest BCUT2D eigenvalue weighted by atomic mass is 127. The number of aromatic nitrogens is 1. The van der Waals surface area contributed by atoms with Crippen molar-refractivity contribution in [3.63, 3.8) is 0 Å². The summed E-state index contributed by atoms with van der Waals surface area (Å²) in [6.07, 6.45) is 2.04. The first-order valence-electron chi connectivity index (χ1n) is 3.39. The summed E-state index contributed by atoms with van der Waals surface area (Å²) in [6.45, 7) is 0. The molecule has 62 valence electrons. The summed E-state index contributed by atoms with van der Waals surface area (Å²) in [6, 6.07) is 6.04. The maximum Gasteiger partial charge on any atom is 0.258 e. The fourth-order valence-electron chi connectivity index (χ4n) is 1.00. The number of hydrogen-bond acceptors (Lipinski definition) is 3. The topological polar surface area (TPSA) is 26.0 Å². The molecule has 0 radical (unpaired) electrons. The van der Waals surface area contributed by atoms with Crippen LogP contribution in [-0.2, 0) is 0 Å². The van der Waals surface area contributed by atoms with Crippen LogP contribution in [-0.4, -0.2) is 11.2 Å². The molecule has 1 aromatic carbocycles. The smallest absolute Gasteiger partial charge is 0.258 e. The Kier molecular flexibility index (Phi) is 2.27. The lowest BCUT2D eigenvalue weighted by molar-refractivity contribution is 0.566. The molecular formula is C8H6INOS. The van der Waals surface area contributed by atoms with E-state index in [1.54, 1.807) is 11.8 Å². The summed E-state index contributed by atoms with van der Waals surface area (Å²) in [5.74, 6) is 0. The van der Waals surface area contributed by atoms with Crippen LogP contribution >= 0.6 is 34.4 Å². The molecule has 2 nitrogen and oxygen atoms in total. The third-order valence-electron chi connectivity index (χ3n) is 1.57. The van der Waals surface area contributed by atoms with Crippen molar-refractivity contribution in [2.45, 2.75) is 4.90 Å². The van der Waals surface area contributed by atoms with Crippen LogP contribution in [0.2, 0.25) is 0 Å². The molecule has 0 spiro atoms. The van der Waals surface area contributed by atoms with Gasteiger partial charge in [-0.3, -0.25) is 0 Å². The highest BCUT2D eigenvalue weighted by Gasteiger charge is 2.02. The van der Waals surface area contributed by atoms with Crippen LogP contribution < -0.4 is 0 Å². The highest BCUT2D eigenvalue weighted by molar-refractivity contribution is 14.1. The lowest BCUT2D eigenvalue weighted by atomic mass is 10.3. The zero-order valence-electron chi connectivity index (χ0n) is 6.37. The summed E-state index contributed by atoms with van der Waals surface area (Å²) in [7, 11) is 0. The zero-order valence-corrected chi connectivity index (χ0v) is 9.35. The van der Waals surface area contributed by atoms with Crippen LogP contribution in [0.15, 0.2) is 27.5 Å². The first kappa shape index (κ1) is 8.37. The molecule has 0 atom stereocenters. The molecule has 0 aliphatic heterocycles. The second-order valence-electron chi connectivity index (χ2n) is 2.30. The van der Waals surface area contributed by atoms with Crippen LogP contribution in [0.3, 0.4) is 0 Å². The normalized spacial score (nSPS) is 10.8. The van der Waals surface area contributed by atoms with Gasteiger partial charge in [0.1, 0.15) is 5.52 Å². The number of thioether (sulfide) groups is 1. The van der Waals surface area contributed by atoms with E-state index in [1.807, 2.05) is 24.5 Å². The van der Waals surface area contributed by atoms with Gasteiger partial charge in [0.25, 0.3) is 3.90 Å². The van der Waals surface area contributed by atoms with Crippen LogP contribution in [0.1, 0.15) is 0 Å². The Morgan fingerprint density at radius 3 is 3.08 bits per heavy atom. The zero-order chi connectivity index (χ0) is 8.55. The Morgan fingerprint density at radius 1 is 1.50 bits per heavy atom. The van der Waals surface area contributed by atoms with Crippen molar-refractivity contribution in [3.8, 4) is 0 Å². The predicted molar refractivity (Wildman–Crippen MR) is 58.5 cm³/mol. The molecule has 0 aliphatic carbocycles. The Balaban J connectivity index is 2.66. The molecule has 1 aromatic heterocycles. The maximum atomic E-state index is 5.37. The molecule has 0 saturated heterocycles. The number of benzene rings is 1. The van der Waals surface area contributed by atoms with Gasteiger partial charge in [-0.2, -0.15) is 0 Å². The molecule has 0 N–H and O–H groups in total. The monoisotopic (exact) mass is 291 g/mol. The van der Waals surface area contributed by atoms with Gasteiger partial charge in [0, 0.05) is 27.5 Å². The number of oxazole rings is 1. The molecule has 0 saturated carbocycles. The largest absolute Gasteiger partial charge is 0.432 e. The molecule has 1 heterocycles. The van der Waals surface area contributed by atoms with Gasteiger partial charge in [-0.05, 0) is 24.5 Å². The van der Waals surface area contributed by atoms with Crippen LogP contribution in [0.25, 0.3) is 11.1 Å². The van der Waals surface area contributed by atoms with Crippen molar-refractivity contribution in [2.75, 3.05) is 6.26 Å². The minimum absolute atomic E-state index is 0.695. The minimum atomic E-state index is 0.695. The van der Waals surface area contributed by atoms with E-state index in [9.17, 15) is 0 Å². The molecule has 0 bridgehead atoms. The van der Waals surface area contributed by atoms with E-state index in [2.05, 4.69) is 27.6 Å². The Morgan fingerprint density at radius 2 is 2.33 bits per heavy atom. The average Bonchev–Trinajstić information content (AvgIpc) is 2.43. The summed E-state index contributed by atoms with van der Waals surface area (Å²) in [4.78, 5) is 5.40. The number of nitrogens with zero attached hydrogens (tertiary/aromatic N) is 1. The molecule has 0 unspecified atom stereocenters. The third kappa shape index (κ3) is 1.45. The molecule has 0 aliphatic rings. The Hall–Kier alpha value is -0.230. The van der Waals surface area contributed by atoms with E-state index in [0.717, 1.165) is 11.1 Å². The molecule has 4 heteroatoms. The van der Waals surface area contributed by atoms with Crippen LogP contribution in [0.4, 0.5) is 0 Å². The van der Waals surface area contributed by atoms with E-state index in [0.29, 0.717) is 3.90 Å². The van der Waals surface area contributed by atoms with Gasteiger partial charge in [-0.15, -0.1) is 11.8 Å². The number of halogens is 1. The number of hydrogen-bond donors (Lipinski definition) is 0. The summed E-state index contributed by atoms with van der Waals surface area (Å²) < 4.78 is 6.07. The van der Waals surface area contributed by atoms with Gasteiger partial charge in [0.15, 0.2) is 5.58 Å². The van der Waals surface area contributed by atoms with Crippen molar-refractivity contribution in [1.29, 1.82) is 0 Å². The number of fused-ring (bicyclic) bond motifs is 1. The van der Waals surface area contributed by atoms with Gasteiger partial charge < -0.3 is 4.42 Å². The first-order chi connectivity index (χ1) is 5.79. The quantitative estimate of drug-likeness (QED) is 0.596. The van der Waals surface area contributed by atoms with Crippen LogP contribution in [0, 0.1) is 3.90 Å². The standard InChI is InChI=1S/C8H6INOS/c1-12-5-2-3-6-7(4-5)11-8(9)10-6/h2-4H,1H3. The van der Waals surface area contributed by atoms with Crippen molar-refractivity contribution < 1.29 is 4.42 Å². The van der Waals surface area contributed by atoms with Gasteiger partial charge in [0.05, 0.1) is 0 Å². The van der Waals surface area contributed by atoms with Crippen molar-refractivity contribution >= 4 is 45.5 Å². The molecule has 0 amide bonds. The highest BCUT2D eigenvalue weighted by Crippen LogP contribution is 2.22. The molecule has 12 heavy (non-hydrogen) atoms. The van der Waals surface area contributed by atoms with E-state index < -0.39 is 0 Å². The fourth-order valence-corrected chi connectivity index (χ4v) is 1.93. The van der Waals surface area contributed by atoms with E-state index in [1.165, 1.54) is 4.90 Å². The second-order valence-corrected chi connectivity index (χ2v) is 4.10. The van der Waals surface area contributed by atoms with E-state index >= 15 is 0 Å². The SMILES string of the molecule is CSc1ccc2nc(I)oc2c1. The number of rotatable bonds is 1. The lowest BCUT2D eigenvalue weighted by Crippen LogP contribution is -1.70. The summed E-state index contributed by atoms with van der Waals surface area (Å²) in [5, 5.41) is 0. The van der Waals surface area contributed by atoms with E-state index in [-0.39, 0.29) is 0 Å². The minimum Gasteiger partial charge on any atom is -0.432 e. The van der Waals surface area contributed by atoms with Gasteiger partial charge in [0.2, 0.25) is 0 Å². The third-order valence-corrected chi connectivity index (χ3v) is 2.76. The molecule has 2 aromatic rings.